The van der Waals surface area contributed by atoms with Crippen molar-refractivity contribution < 1.29 is 23.9 Å². The van der Waals surface area contributed by atoms with Gasteiger partial charge in [-0.05, 0) is 34.0 Å². The molecule has 0 radical (unpaired) electrons. The molecule has 1 aromatic carbocycles. The first kappa shape index (κ1) is 13.9. The Bertz CT molecular complexity index is 710. The van der Waals surface area contributed by atoms with Crippen LogP contribution in [0.4, 0.5) is 0 Å². The molecule has 0 amide bonds. The standard InChI is InChI=1S/C14H12BrNO5/c1-2-7-8(9-6-11(14(17)18)21-16-9)5-10-13(12(7)15)20-4-3-19-10/h5-6H,2-4H2,1H3,(H,17,18). The van der Waals surface area contributed by atoms with Gasteiger partial charge < -0.3 is 19.1 Å². The van der Waals surface area contributed by atoms with Gasteiger partial charge in [-0.1, -0.05) is 12.1 Å². The molecule has 21 heavy (non-hydrogen) atoms. The van der Waals surface area contributed by atoms with Crippen molar-refractivity contribution in [3.63, 3.8) is 0 Å². The Kier molecular flexibility index (Phi) is 3.59. The Morgan fingerprint density at radius 3 is 2.81 bits per heavy atom. The number of carboxylic acids is 1. The number of hydrogen-bond acceptors (Lipinski definition) is 5. The zero-order valence-electron chi connectivity index (χ0n) is 11.2. The molecule has 1 aliphatic heterocycles. The summed E-state index contributed by atoms with van der Waals surface area (Å²) in [5.74, 6) is -0.0644. The van der Waals surface area contributed by atoms with Gasteiger partial charge in [-0.2, -0.15) is 0 Å². The average Bonchev–Trinajstić information content (AvgIpc) is 2.97. The minimum atomic E-state index is -1.15. The Labute approximate surface area is 128 Å². The number of aromatic nitrogens is 1. The number of aromatic carboxylic acids is 1. The van der Waals surface area contributed by atoms with E-state index in [-0.39, 0.29) is 5.76 Å². The second-order valence-electron chi connectivity index (χ2n) is 4.48. The monoisotopic (exact) mass is 353 g/mol. The van der Waals surface area contributed by atoms with Crippen LogP contribution in [0.5, 0.6) is 11.5 Å². The van der Waals surface area contributed by atoms with Gasteiger partial charge in [0, 0.05) is 11.6 Å². The molecule has 0 aliphatic carbocycles. The number of benzene rings is 1. The molecule has 6 nitrogen and oxygen atoms in total. The summed E-state index contributed by atoms with van der Waals surface area (Å²) in [6.45, 7) is 2.97. The van der Waals surface area contributed by atoms with Crippen molar-refractivity contribution in [1.29, 1.82) is 0 Å². The number of rotatable bonds is 3. The smallest absolute Gasteiger partial charge is 0.374 e. The van der Waals surface area contributed by atoms with E-state index in [1.165, 1.54) is 6.07 Å². The summed E-state index contributed by atoms with van der Waals surface area (Å²) in [7, 11) is 0. The highest BCUT2D eigenvalue weighted by Crippen LogP contribution is 2.44. The van der Waals surface area contributed by atoms with E-state index in [1.807, 2.05) is 13.0 Å². The van der Waals surface area contributed by atoms with Crippen LogP contribution in [0.2, 0.25) is 0 Å². The first-order valence-corrected chi connectivity index (χ1v) is 7.22. The summed E-state index contributed by atoms with van der Waals surface area (Å²) in [5, 5.41) is 12.8. The molecule has 0 saturated carbocycles. The molecule has 1 aliphatic rings. The van der Waals surface area contributed by atoms with Crippen LogP contribution < -0.4 is 9.47 Å². The first-order valence-electron chi connectivity index (χ1n) is 6.43. The maximum Gasteiger partial charge on any atom is 0.374 e. The molecule has 0 spiro atoms. The third kappa shape index (κ3) is 2.37. The van der Waals surface area contributed by atoms with Gasteiger partial charge in [0.1, 0.15) is 18.9 Å². The highest BCUT2D eigenvalue weighted by Gasteiger charge is 2.23. The Morgan fingerprint density at radius 2 is 2.14 bits per heavy atom. The number of ether oxygens (including phenoxy) is 2. The molecule has 2 aromatic rings. The van der Waals surface area contributed by atoms with Gasteiger partial charge in [0.05, 0.1) is 4.47 Å². The Morgan fingerprint density at radius 1 is 1.38 bits per heavy atom. The Balaban J connectivity index is 2.16. The second-order valence-corrected chi connectivity index (χ2v) is 5.27. The van der Waals surface area contributed by atoms with Crippen molar-refractivity contribution in [2.45, 2.75) is 13.3 Å². The second kappa shape index (κ2) is 5.40. The lowest BCUT2D eigenvalue weighted by Gasteiger charge is -2.22. The molecule has 2 heterocycles. The summed E-state index contributed by atoms with van der Waals surface area (Å²) in [6.07, 6.45) is 0.724. The summed E-state index contributed by atoms with van der Waals surface area (Å²) >= 11 is 3.53. The number of carboxylic acid groups (broad SMARTS) is 1. The van der Waals surface area contributed by atoms with Crippen molar-refractivity contribution in [3.05, 3.63) is 27.9 Å². The maximum absolute atomic E-state index is 10.9. The van der Waals surface area contributed by atoms with Crippen molar-refractivity contribution in [2.75, 3.05) is 13.2 Å². The van der Waals surface area contributed by atoms with Crippen LogP contribution >= 0.6 is 15.9 Å². The molecule has 0 bridgehead atoms. The van der Waals surface area contributed by atoms with Gasteiger partial charge in [-0.15, -0.1) is 0 Å². The maximum atomic E-state index is 10.9. The molecule has 0 atom stereocenters. The van der Waals surface area contributed by atoms with Gasteiger partial charge >= 0.3 is 5.97 Å². The lowest BCUT2D eigenvalue weighted by molar-refractivity contribution is 0.0652. The number of nitrogens with zero attached hydrogens (tertiary/aromatic N) is 1. The number of fused-ring (bicyclic) bond motifs is 1. The summed E-state index contributed by atoms with van der Waals surface area (Å²) in [4.78, 5) is 10.9. The molecule has 3 rings (SSSR count). The summed E-state index contributed by atoms with van der Waals surface area (Å²) in [5.41, 5.74) is 2.19. The van der Waals surface area contributed by atoms with Gasteiger partial charge in [-0.25, -0.2) is 4.79 Å². The van der Waals surface area contributed by atoms with Crippen molar-refractivity contribution in [3.8, 4) is 22.8 Å². The fraction of sp³-hybridized carbons (Fsp3) is 0.286. The van der Waals surface area contributed by atoms with E-state index in [4.69, 9.17) is 19.1 Å². The van der Waals surface area contributed by atoms with E-state index >= 15 is 0 Å². The SMILES string of the molecule is CCc1c(-c2cc(C(=O)O)on2)cc2c(c1Br)OCCO2. The highest BCUT2D eigenvalue weighted by molar-refractivity contribution is 9.10. The van der Waals surface area contributed by atoms with E-state index in [2.05, 4.69) is 21.1 Å². The van der Waals surface area contributed by atoms with Crippen LogP contribution in [0.25, 0.3) is 11.3 Å². The molecule has 1 aromatic heterocycles. The van der Waals surface area contributed by atoms with Crippen molar-refractivity contribution in [1.82, 2.24) is 5.16 Å². The third-order valence-electron chi connectivity index (χ3n) is 3.23. The van der Waals surface area contributed by atoms with Gasteiger partial charge in [-0.3, -0.25) is 0 Å². The van der Waals surface area contributed by atoms with Crippen LogP contribution in [0.15, 0.2) is 21.1 Å². The van der Waals surface area contributed by atoms with Crippen LogP contribution in [-0.2, 0) is 6.42 Å². The predicted octanol–water partition coefficient (Wildman–Crippen LogP) is 3.14. The zero-order chi connectivity index (χ0) is 15.0. The fourth-order valence-electron chi connectivity index (χ4n) is 2.26. The highest BCUT2D eigenvalue weighted by atomic mass is 79.9. The van der Waals surface area contributed by atoms with Crippen LogP contribution in [0.1, 0.15) is 23.0 Å². The minimum absolute atomic E-state index is 0.196. The molecule has 110 valence electrons. The third-order valence-corrected chi connectivity index (χ3v) is 4.07. The van der Waals surface area contributed by atoms with Crippen LogP contribution in [-0.4, -0.2) is 29.4 Å². The van der Waals surface area contributed by atoms with E-state index in [0.717, 1.165) is 22.0 Å². The molecule has 0 saturated heterocycles. The number of halogens is 1. The van der Waals surface area contributed by atoms with E-state index in [9.17, 15) is 4.79 Å². The van der Waals surface area contributed by atoms with E-state index in [0.29, 0.717) is 30.4 Å². The van der Waals surface area contributed by atoms with Gasteiger partial charge in [0.25, 0.3) is 0 Å². The average molecular weight is 354 g/mol. The predicted molar refractivity (Wildman–Crippen MR) is 77.0 cm³/mol. The molecule has 0 unspecified atom stereocenters. The minimum Gasteiger partial charge on any atom is -0.486 e. The molecule has 0 fully saturated rings. The first-order chi connectivity index (χ1) is 10.1. The van der Waals surface area contributed by atoms with Crippen LogP contribution in [0.3, 0.4) is 0 Å². The fourth-order valence-corrected chi connectivity index (χ4v) is 3.07. The summed E-state index contributed by atoms with van der Waals surface area (Å²) < 4.78 is 16.8. The van der Waals surface area contributed by atoms with Crippen molar-refractivity contribution >= 4 is 21.9 Å². The molecule has 1 N–H and O–H groups in total. The lowest BCUT2D eigenvalue weighted by atomic mass is 10.0. The number of carbonyl (C=O) groups is 1. The molecule has 7 heteroatoms. The molecular weight excluding hydrogens is 342 g/mol. The topological polar surface area (TPSA) is 81.8 Å². The largest absolute Gasteiger partial charge is 0.486 e. The lowest BCUT2D eigenvalue weighted by Crippen LogP contribution is -2.16. The Hall–Kier alpha value is -2.02. The van der Waals surface area contributed by atoms with E-state index < -0.39 is 5.97 Å². The van der Waals surface area contributed by atoms with Gasteiger partial charge in [0.2, 0.25) is 5.76 Å². The normalized spacial score (nSPS) is 13.2. The van der Waals surface area contributed by atoms with Crippen LogP contribution in [0, 0.1) is 0 Å². The number of hydrogen-bond donors (Lipinski definition) is 1. The summed E-state index contributed by atoms with van der Waals surface area (Å²) in [6, 6.07) is 3.21. The van der Waals surface area contributed by atoms with Gasteiger partial charge in [0.15, 0.2) is 11.5 Å². The zero-order valence-corrected chi connectivity index (χ0v) is 12.8. The molecular formula is C14H12BrNO5. The van der Waals surface area contributed by atoms with E-state index in [1.54, 1.807) is 0 Å². The quantitative estimate of drug-likeness (QED) is 0.912. The van der Waals surface area contributed by atoms with Crippen molar-refractivity contribution in [2.24, 2.45) is 0 Å².